The number of nitrogens with one attached hydrogen (secondary N) is 3. The van der Waals surface area contributed by atoms with E-state index in [2.05, 4.69) is 20.9 Å². The first-order valence-corrected chi connectivity index (χ1v) is 34.7. The Morgan fingerprint density at radius 3 is 1.13 bits per heavy atom. The van der Waals surface area contributed by atoms with Gasteiger partial charge in [0.25, 0.3) is 0 Å². The fourth-order valence-corrected chi connectivity index (χ4v) is 12.7. The molecule has 25 atom stereocenters. The second-order valence-electron chi connectivity index (χ2n) is 18.7. The Bertz CT molecular complexity index is 3490. The van der Waals surface area contributed by atoms with Crippen molar-refractivity contribution in [3.8, 4) is 0 Å². The molecule has 1 unspecified atom stereocenters. The molecule has 0 aromatic carbocycles. The zero-order chi connectivity index (χ0) is 69.4. The summed E-state index contributed by atoms with van der Waals surface area (Å²) < 4.78 is 346. The average molecular weight is 1510 g/mol. The van der Waals surface area contributed by atoms with E-state index < -0.39 is 268 Å². The maximum atomic E-state index is 13.0. The maximum absolute atomic E-state index is 13.0. The van der Waals surface area contributed by atoms with Crippen molar-refractivity contribution in [3.63, 3.8) is 0 Å². The molecule has 60 heteroatoms. The van der Waals surface area contributed by atoms with Gasteiger partial charge in [-0.2, -0.15) is 81.5 Å². The van der Waals surface area contributed by atoms with Crippen molar-refractivity contribution in [1.29, 1.82) is 0 Å². The van der Waals surface area contributed by atoms with Crippen LogP contribution in [-0.4, -0.2) is 337 Å². The summed E-state index contributed by atoms with van der Waals surface area (Å²) in [4.78, 5) is 25.8. The van der Waals surface area contributed by atoms with E-state index in [4.69, 9.17) is 51.9 Å². The summed E-state index contributed by atoms with van der Waals surface area (Å²) in [5.74, 6) is -4.91. The minimum absolute atomic E-state index is 0.735. The monoisotopic (exact) mass is 1510 g/mol. The number of ether oxygens (including phenoxy) is 10. The summed E-state index contributed by atoms with van der Waals surface area (Å²) in [5.41, 5.74) is 0. The zero-order valence-corrected chi connectivity index (χ0v) is 50.5. The van der Waals surface area contributed by atoms with Gasteiger partial charge < -0.3 is 88.2 Å². The lowest BCUT2D eigenvalue weighted by Crippen LogP contribution is -2.71. The van der Waals surface area contributed by atoms with Crippen LogP contribution in [0.25, 0.3) is 0 Å². The van der Waals surface area contributed by atoms with Gasteiger partial charge in [-0.3, -0.25) is 36.4 Å². The van der Waals surface area contributed by atoms with E-state index in [0.717, 1.165) is 11.8 Å². The number of hydrogen-bond donors (Lipinski definition) is 19. The van der Waals surface area contributed by atoms with E-state index in [0.29, 0.717) is 0 Å². The summed E-state index contributed by atoms with van der Waals surface area (Å²) in [6, 6.07) is -8.17. The first kappa shape index (κ1) is 79.0. The Kier molecular flexibility index (Phi) is 26.0. The molecule has 5 aliphatic rings. The van der Waals surface area contributed by atoms with Gasteiger partial charge in [-0.05, 0) is 0 Å². The van der Waals surface area contributed by atoms with Crippen LogP contribution in [0.3, 0.4) is 0 Å². The van der Waals surface area contributed by atoms with Crippen LogP contribution in [0.1, 0.15) is 0 Å². The number of aliphatic hydroxyl groups excluding tert-OH is 6. The molecule has 19 N–H and O–H groups in total. The quantitative estimate of drug-likeness (QED) is 0.0297. The molecule has 5 rings (SSSR count). The molecule has 0 aromatic heterocycles. The topological polar surface area (TPSA) is 805 Å². The minimum atomic E-state index is -6.36. The van der Waals surface area contributed by atoms with Crippen molar-refractivity contribution in [2.24, 2.45) is 0 Å². The van der Waals surface area contributed by atoms with Gasteiger partial charge in [0.2, 0.25) is 0 Å². The molecule has 0 saturated carbocycles. The third kappa shape index (κ3) is 22.9. The summed E-state index contributed by atoms with van der Waals surface area (Å²) in [7, 11) is -45.9. The Hall–Kier alpha value is -2.74. The number of aliphatic hydroxyl groups is 6. The molecular formula is C31H53N3O49S8. The number of methoxy groups -OCH3 is 1. The van der Waals surface area contributed by atoms with Gasteiger partial charge in [0, 0.05) is 7.11 Å². The van der Waals surface area contributed by atoms with Gasteiger partial charge in [-0.15, -0.1) is 0 Å². The number of carboxylic acids is 2. The Morgan fingerprint density at radius 2 is 0.703 bits per heavy atom. The van der Waals surface area contributed by atoms with Gasteiger partial charge >= 0.3 is 94.8 Å². The lowest BCUT2D eigenvalue weighted by molar-refractivity contribution is -0.373. The predicted molar refractivity (Wildman–Crippen MR) is 262 cm³/mol. The van der Waals surface area contributed by atoms with Crippen molar-refractivity contribution in [3.05, 3.63) is 0 Å². The molecular weight excluding hydrogens is 1450 g/mol. The highest BCUT2D eigenvalue weighted by Gasteiger charge is 2.61. The molecule has 0 bridgehead atoms. The molecule has 534 valence electrons. The molecule has 0 aromatic rings. The molecule has 5 saturated heterocycles. The van der Waals surface area contributed by atoms with Crippen molar-refractivity contribution in [2.45, 2.75) is 153 Å². The number of carbonyl (C=O) groups is 2. The molecule has 0 aliphatic carbocycles. The maximum Gasteiger partial charge on any atom is 0.397 e. The first-order valence-electron chi connectivity index (χ1n) is 23.5. The fraction of sp³-hybridized carbons (Fsp3) is 0.935. The van der Waals surface area contributed by atoms with E-state index >= 15 is 0 Å². The zero-order valence-electron chi connectivity index (χ0n) is 43.9. The molecule has 5 aliphatic heterocycles. The van der Waals surface area contributed by atoms with Crippen molar-refractivity contribution >= 4 is 94.8 Å². The van der Waals surface area contributed by atoms with Crippen molar-refractivity contribution in [2.75, 3.05) is 26.9 Å². The van der Waals surface area contributed by atoms with E-state index in [-0.39, 0.29) is 0 Å². The van der Waals surface area contributed by atoms with Gasteiger partial charge in [0.05, 0.1) is 19.8 Å². The SMILES string of the molecule is CO[C@@H]1O[C@H](COS(=O)(=O)O)[C@H](O[C@H]2OC(C(=O)O)[C@H](O[C@H]3O[C@H](COS(=O)(=O)O)[C@H](O[C@H]4O[C@@H](C(=O)O)[C@H](O[C@@H]5O[C@@H](COS(=O)(=O)O)[C@H](O)[C@H](O)[C@H]5NS(=O)(=O)O)[C@H](O)[C@H]4O)[C@H](OS(=O)(=O)O)[C@@H]3NS(=O)(=O)O)[C@@H](O)[C@@H]2OS(=O)(=O)O)[C@@H](O)[C@@H]1NS(=O)(=O)O. The third-order valence-electron chi connectivity index (χ3n) is 12.4. The number of hydrogen-bond acceptors (Lipinski definition) is 39. The summed E-state index contributed by atoms with van der Waals surface area (Å²) >= 11 is 0. The standard InChI is InChI=1S/C31H53N3O49S8/c1-69-27-9(33-85(48,49)50)13(37)17(6(74-27)3-71-88(57,58)59)76-31-22(83-91(66,67)68)16(40)21(24(81-31)26(43)44)79-29-10(34-86(51,52)53)19(82-90(63,64)65)18(7(75-29)4-72-89(60,61)62)77-30-15(39)14(38)20(23(80-30)25(41)42)78-28-8(32-84(45,46)47)12(36)11(35)5(73-28)2-70-87(54,55)56/h5-24,27-40H,2-4H2,1H3,(H,41,42)(H,43,44)(H,45,46,47)(H,48,49,50)(H,51,52,53)(H,54,55,56)(H,57,58,59)(H,60,61,62)(H,63,64,65)(H,66,67,68)/t5-,6+,7+,8+,9-,10-,11-,12+,13-,14+,15+,16+,17-,18-,19+,20+,21+,22-,23+,24?,27+,28-,29+,30-,31-/m0/s1. The Morgan fingerprint density at radius 1 is 0.352 bits per heavy atom. The van der Waals surface area contributed by atoms with Crippen LogP contribution < -0.4 is 14.2 Å². The second kappa shape index (κ2) is 29.9. The summed E-state index contributed by atoms with van der Waals surface area (Å²) in [5, 5.41) is 87.8. The Balaban J connectivity index is 1.60. The van der Waals surface area contributed by atoms with Crippen LogP contribution in [0.4, 0.5) is 0 Å². The lowest BCUT2D eigenvalue weighted by Gasteiger charge is -2.50. The van der Waals surface area contributed by atoms with Crippen LogP contribution >= 0.6 is 0 Å². The molecule has 5 heterocycles. The molecule has 91 heavy (non-hydrogen) atoms. The van der Waals surface area contributed by atoms with E-state index in [1.54, 1.807) is 0 Å². The van der Waals surface area contributed by atoms with Crippen molar-refractivity contribution in [1.82, 2.24) is 14.2 Å². The van der Waals surface area contributed by atoms with Crippen LogP contribution in [0.15, 0.2) is 0 Å². The molecule has 5 fully saturated rings. The highest BCUT2D eigenvalue weighted by Crippen LogP contribution is 2.39. The van der Waals surface area contributed by atoms with E-state index in [1.165, 1.54) is 9.44 Å². The lowest BCUT2D eigenvalue weighted by atomic mass is 9.94. The van der Waals surface area contributed by atoms with Gasteiger partial charge in [0.1, 0.15) is 104 Å². The van der Waals surface area contributed by atoms with Gasteiger partial charge in [-0.25, -0.2) is 30.5 Å². The molecule has 0 amide bonds. The third-order valence-corrected chi connectivity index (χ3v) is 16.4. The van der Waals surface area contributed by atoms with Crippen LogP contribution in [0, 0.1) is 0 Å². The molecule has 0 radical (unpaired) electrons. The smallest absolute Gasteiger partial charge is 0.397 e. The summed E-state index contributed by atoms with van der Waals surface area (Å²) in [6.45, 7) is -5.06. The number of rotatable bonds is 30. The first-order chi connectivity index (χ1) is 41.2. The largest absolute Gasteiger partial charge is 0.479 e. The van der Waals surface area contributed by atoms with Gasteiger partial charge in [-0.1, -0.05) is 0 Å². The normalized spacial score (nSPS) is 38.6. The minimum Gasteiger partial charge on any atom is -0.479 e. The highest BCUT2D eigenvalue weighted by molar-refractivity contribution is 7.84. The number of aliphatic carboxylic acids is 2. The van der Waals surface area contributed by atoms with Crippen LogP contribution in [0.5, 0.6) is 0 Å². The second-order valence-corrected chi connectivity index (χ2v) is 27.6. The highest BCUT2D eigenvalue weighted by atomic mass is 32.3. The average Bonchev–Trinajstić information content (AvgIpc) is 0.767. The van der Waals surface area contributed by atoms with Crippen molar-refractivity contribution < 1.29 is 222 Å². The van der Waals surface area contributed by atoms with E-state index in [1.807, 2.05) is 0 Å². The fourth-order valence-electron chi connectivity index (χ4n) is 8.98. The Labute approximate surface area is 509 Å². The van der Waals surface area contributed by atoms with E-state index in [9.17, 15) is 150 Å². The van der Waals surface area contributed by atoms with Crippen LogP contribution in [0.2, 0.25) is 0 Å². The van der Waals surface area contributed by atoms with Crippen LogP contribution in [-0.2, 0) is 161 Å². The summed E-state index contributed by atoms with van der Waals surface area (Å²) in [6.07, 6.45) is -63.6. The van der Waals surface area contributed by atoms with Gasteiger partial charge in [0.15, 0.2) is 49.8 Å². The molecule has 52 nitrogen and oxygen atoms in total. The predicted octanol–water partition coefficient (Wildman–Crippen LogP) is -13.8. The molecule has 0 spiro atoms. The number of carboxylic acid groups (broad SMARTS) is 2.